The Morgan fingerprint density at radius 3 is 2.33 bits per heavy atom. The molecule has 188 valence electrons. The first-order valence-corrected chi connectivity index (χ1v) is 11.2. The van der Waals surface area contributed by atoms with Gasteiger partial charge >= 0.3 is 6.18 Å². The molecule has 6 nitrogen and oxygen atoms in total. The van der Waals surface area contributed by atoms with E-state index in [1.54, 1.807) is 13.0 Å². The number of hydrogen-bond acceptors (Lipinski definition) is 5. The monoisotopic (exact) mass is 539 g/mol. The van der Waals surface area contributed by atoms with E-state index in [2.05, 4.69) is 0 Å². The van der Waals surface area contributed by atoms with Crippen LogP contribution in [0.5, 0.6) is 5.75 Å². The van der Waals surface area contributed by atoms with E-state index in [4.69, 9.17) is 32.4 Å². The Morgan fingerprint density at radius 2 is 1.78 bits per heavy atom. The third-order valence-corrected chi connectivity index (χ3v) is 6.22. The highest BCUT2D eigenvalue weighted by molar-refractivity contribution is 6.46. The smallest absolute Gasteiger partial charge is 0.416 e. The summed E-state index contributed by atoms with van der Waals surface area (Å²) in [5.74, 6) is -1.88. The van der Waals surface area contributed by atoms with E-state index >= 15 is 0 Å². The second-order valence-corrected chi connectivity index (χ2v) is 8.86. The van der Waals surface area contributed by atoms with Gasteiger partial charge in [-0.2, -0.15) is 13.2 Å². The average molecular weight is 540 g/mol. The van der Waals surface area contributed by atoms with Gasteiger partial charge in [-0.3, -0.25) is 9.59 Å². The van der Waals surface area contributed by atoms with Gasteiger partial charge in [0.1, 0.15) is 23.3 Å². The summed E-state index contributed by atoms with van der Waals surface area (Å²) in [5.41, 5.74) is -1.05. The first kappa shape index (κ1) is 25.7. The standard InChI is InChI=1S/C25H18Cl2F3NO5/c1-12-6-7-18(36-12)20-19(21(32)14-9-16(26)23(35-2)17(27)10-14)22(33)24(34)31(20)11-13-4-3-5-15(8-13)25(28,29)30/h3-10,20,32H,11H2,1-2H3/b21-19-. The van der Waals surface area contributed by atoms with Crippen molar-refractivity contribution in [2.45, 2.75) is 25.7 Å². The van der Waals surface area contributed by atoms with Crippen LogP contribution >= 0.6 is 23.2 Å². The molecule has 1 saturated heterocycles. The first-order valence-electron chi connectivity index (χ1n) is 10.5. The van der Waals surface area contributed by atoms with E-state index in [1.807, 2.05) is 0 Å². The zero-order chi connectivity index (χ0) is 26.4. The highest BCUT2D eigenvalue weighted by atomic mass is 35.5. The fourth-order valence-electron chi connectivity index (χ4n) is 4.03. The summed E-state index contributed by atoms with van der Waals surface area (Å²) in [6.07, 6.45) is -4.59. The van der Waals surface area contributed by atoms with E-state index in [-0.39, 0.29) is 44.8 Å². The number of ether oxygens (including phenoxy) is 1. The number of benzene rings is 2. The topological polar surface area (TPSA) is 80.0 Å². The number of carbonyl (C=O) groups excluding carboxylic acids is 2. The molecule has 1 unspecified atom stereocenters. The van der Waals surface area contributed by atoms with Gasteiger partial charge in [-0.1, -0.05) is 35.3 Å². The molecule has 1 N–H and O–H groups in total. The minimum atomic E-state index is -4.59. The molecule has 1 aliphatic rings. The highest BCUT2D eigenvalue weighted by Gasteiger charge is 2.47. The Labute approximate surface area is 213 Å². The van der Waals surface area contributed by atoms with Crippen molar-refractivity contribution in [2.24, 2.45) is 0 Å². The first-order chi connectivity index (χ1) is 16.9. The van der Waals surface area contributed by atoms with Crippen molar-refractivity contribution in [3.05, 3.63) is 92.4 Å². The largest absolute Gasteiger partial charge is 0.507 e. The number of rotatable bonds is 5. The fraction of sp³-hybridized carbons (Fsp3) is 0.200. The summed E-state index contributed by atoms with van der Waals surface area (Å²) in [5, 5.41) is 11.2. The van der Waals surface area contributed by atoms with Gasteiger partial charge in [-0.15, -0.1) is 0 Å². The molecule has 0 saturated carbocycles. The van der Waals surface area contributed by atoms with Crippen LogP contribution in [0.4, 0.5) is 13.2 Å². The summed E-state index contributed by atoms with van der Waals surface area (Å²) < 4.78 is 50.4. The quantitative estimate of drug-likeness (QED) is 0.226. The van der Waals surface area contributed by atoms with Crippen LogP contribution in [0.2, 0.25) is 10.0 Å². The maximum Gasteiger partial charge on any atom is 0.416 e. The molecule has 0 radical (unpaired) electrons. The molecule has 1 aliphatic heterocycles. The van der Waals surface area contributed by atoms with Crippen LogP contribution in [0.3, 0.4) is 0 Å². The molecule has 36 heavy (non-hydrogen) atoms. The Kier molecular flexibility index (Phi) is 6.81. The van der Waals surface area contributed by atoms with E-state index in [0.717, 1.165) is 17.0 Å². The van der Waals surface area contributed by atoms with Crippen molar-refractivity contribution in [3.8, 4) is 5.75 Å². The second kappa shape index (κ2) is 9.55. The van der Waals surface area contributed by atoms with Crippen molar-refractivity contribution >= 4 is 40.7 Å². The van der Waals surface area contributed by atoms with Crippen LogP contribution in [0.15, 0.2) is 58.5 Å². The van der Waals surface area contributed by atoms with Gasteiger partial charge in [0.15, 0.2) is 5.75 Å². The molecule has 11 heteroatoms. The van der Waals surface area contributed by atoms with Crippen molar-refractivity contribution in [2.75, 3.05) is 7.11 Å². The van der Waals surface area contributed by atoms with Crippen LogP contribution in [0, 0.1) is 6.92 Å². The summed E-state index contributed by atoms with van der Waals surface area (Å²) >= 11 is 12.4. The fourth-order valence-corrected chi connectivity index (χ4v) is 4.67. The molecule has 2 heterocycles. The predicted octanol–water partition coefficient (Wildman–Crippen LogP) is 6.54. The lowest BCUT2D eigenvalue weighted by atomic mass is 9.99. The van der Waals surface area contributed by atoms with Gasteiger partial charge in [0.2, 0.25) is 0 Å². The molecule has 0 bridgehead atoms. The number of aryl methyl sites for hydroxylation is 1. The van der Waals surface area contributed by atoms with Crippen molar-refractivity contribution in [1.29, 1.82) is 0 Å². The number of amides is 1. The lowest BCUT2D eigenvalue weighted by Crippen LogP contribution is -2.29. The van der Waals surface area contributed by atoms with Gasteiger partial charge in [-0.05, 0) is 48.9 Å². The minimum Gasteiger partial charge on any atom is -0.507 e. The Bertz CT molecular complexity index is 1370. The Balaban J connectivity index is 1.85. The molecular weight excluding hydrogens is 522 g/mol. The Morgan fingerprint density at radius 1 is 1.11 bits per heavy atom. The van der Waals surface area contributed by atoms with Gasteiger partial charge < -0.3 is 19.2 Å². The number of halogens is 5. The zero-order valence-electron chi connectivity index (χ0n) is 18.8. The van der Waals surface area contributed by atoms with Gasteiger partial charge in [0.05, 0.1) is 28.3 Å². The number of nitrogens with zero attached hydrogens (tertiary/aromatic N) is 1. The van der Waals surface area contributed by atoms with Crippen molar-refractivity contribution in [1.82, 2.24) is 4.90 Å². The molecule has 1 atom stereocenters. The normalized spacial score (nSPS) is 17.6. The number of carbonyl (C=O) groups is 2. The average Bonchev–Trinajstić information content (AvgIpc) is 3.34. The SMILES string of the molecule is COc1c(Cl)cc(/C(O)=C2/C(=O)C(=O)N(Cc3cccc(C(F)(F)F)c3)C2c2ccc(C)o2)cc1Cl. The summed E-state index contributed by atoms with van der Waals surface area (Å²) in [6, 6.07) is 8.94. The molecule has 3 aromatic rings. The predicted molar refractivity (Wildman–Crippen MR) is 126 cm³/mol. The number of ketones is 1. The number of Topliss-reactive ketones (excluding diaryl/α,β-unsaturated/α-hetero) is 1. The highest BCUT2D eigenvalue weighted by Crippen LogP contribution is 2.43. The lowest BCUT2D eigenvalue weighted by molar-refractivity contribution is -0.140. The van der Waals surface area contributed by atoms with Crippen molar-refractivity contribution in [3.63, 3.8) is 0 Å². The van der Waals surface area contributed by atoms with Crippen LogP contribution in [-0.4, -0.2) is 28.8 Å². The number of likely N-dealkylation sites (tertiary alicyclic amines) is 1. The van der Waals surface area contributed by atoms with Crippen LogP contribution < -0.4 is 4.74 Å². The van der Waals surface area contributed by atoms with Gasteiger partial charge in [-0.25, -0.2) is 0 Å². The van der Waals surface area contributed by atoms with E-state index < -0.39 is 35.2 Å². The maximum atomic E-state index is 13.2. The number of aliphatic hydroxyl groups excluding tert-OH is 1. The summed E-state index contributed by atoms with van der Waals surface area (Å²) in [7, 11) is 1.35. The number of furan rings is 1. The summed E-state index contributed by atoms with van der Waals surface area (Å²) in [4.78, 5) is 27.2. The van der Waals surface area contributed by atoms with Crippen molar-refractivity contribution < 1.29 is 37.0 Å². The number of methoxy groups -OCH3 is 1. The molecule has 1 amide bonds. The molecule has 0 aliphatic carbocycles. The molecule has 0 spiro atoms. The third kappa shape index (κ3) is 4.68. The summed E-state index contributed by atoms with van der Waals surface area (Å²) in [6.45, 7) is 1.30. The van der Waals surface area contributed by atoms with Crippen LogP contribution in [-0.2, 0) is 22.3 Å². The number of hydrogen-bond donors (Lipinski definition) is 1. The lowest BCUT2D eigenvalue weighted by Gasteiger charge is -2.24. The maximum absolute atomic E-state index is 13.2. The van der Waals surface area contributed by atoms with E-state index in [1.165, 1.54) is 37.4 Å². The van der Waals surface area contributed by atoms with Crippen LogP contribution in [0.1, 0.15) is 34.3 Å². The van der Waals surface area contributed by atoms with Crippen LogP contribution in [0.25, 0.3) is 5.76 Å². The number of aliphatic hydroxyl groups is 1. The molecule has 2 aromatic carbocycles. The second-order valence-electron chi connectivity index (χ2n) is 8.05. The third-order valence-electron chi connectivity index (χ3n) is 5.65. The molecule has 1 aromatic heterocycles. The Hall–Kier alpha value is -3.43. The minimum absolute atomic E-state index is 0.0381. The van der Waals surface area contributed by atoms with E-state index in [0.29, 0.717) is 5.76 Å². The van der Waals surface area contributed by atoms with Gasteiger partial charge in [0, 0.05) is 12.1 Å². The molecule has 4 rings (SSSR count). The van der Waals surface area contributed by atoms with Gasteiger partial charge in [0.25, 0.3) is 11.7 Å². The zero-order valence-corrected chi connectivity index (χ0v) is 20.3. The molecular formula is C25H18Cl2F3NO5. The van der Waals surface area contributed by atoms with E-state index in [9.17, 15) is 27.9 Å². The number of alkyl halides is 3. The molecule has 1 fully saturated rings.